The van der Waals surface area contributed by atoms with Gasteiger partial charge in [0.15, 0.2) is 5.65 Å². The molecule has 1 N–H and O–H groups in total. The third-order valence-corrected chi connectivity index (χ3v) is 4.91. The summed E-state index contributed by atoms with van der Waals surface area (Å²) in [5.74, 6) is -0.00928. The van der Waals surface area contributed by atoms with E-state index in [1.54, 1.807) is 12.4 Å². The molecule has 0 aliphatic heterocycles. The molecule has 2 atom stereocenters. The molecule has 1 aliphatic rings. The molecule has 0 saturated heterocycles. The van der Waals surface area contributed by atoms with Crippen molar-refractivity contribution in [3.8, 4) is 23.3 Å². The van der Waals surface area contributed by atoms with Gasteiger partial charge in [0.05, 0.1) is 36.5 Å². The van der Waals surface area contributed by atoms with E-state index in [0.717, 1.165) is 35.0 Å². The van der Waals surface area contributed by atoms with Crippen molar-refractivity contribution in [3.63, 3.8) is 0 Å². The lowest BCUT2D eigenvalue weighted by molar-refractivity contribution is 0.264. The first-order valence-corrected chi connectivity index (χ1v) is 7.87. The van der Waals surface area contributed by atoms with E-state index < -0.39 is 0 Å². The molecule has 0 spiro atoms. The van der Waals surface area contributed by atoms with Gasteiger partial charge in [-0.2, -0.15) is 20.7 Å². The van der Waals surface area contributed by atoms with Crippen molar-refractivity contribution in [3.05, 3.63) is 30.9 Å². The van der Waals surface area contributed by atoms with Crippen LogP contribution in [0.5, 0.6) is 0 Å². The summed E-state index contributed by atoms with van der Waals surface area (Å²) in [6.07, 6.45) is 9.95. The van der Waals surface area contributed by atoms with Gasteiger partial charge in [0.1, 0.15) is 0 Å². The number of fused-ring (bicyclic) bond motifs is 1. The monoisotopic (exact) mass is 317 g/mol. The van der Waals surface area contributed by atoms with E-state index in [4.69, 9.17) is 0 Å². The molecule has 7 nitrogen and oxygen atoms in total. The average Bonchev–Trinajstić information content (AvgIpc) is 3.33. The zero-order valence-electron chi connectivity index (χ0n) is 13.0. The van der Waals surface area contributed by atoms with Crippen LogP contribution in [0.1, 0.15) is 25.7 Å². The van der Waals surface area contributed by atoms with Crippen LogP contribution < -0.4 is 0 Å². The van der Waals surface area contributed by atoms with Crippen molar-refractivity contribution < 1.29 is 0 Å². The number of hydrogen-bond donors (Lipinski definition) is 1. The fourth-order valence-electron chi connectivity index (χ4n) is 3.64. The van der Waals surface area contributed by atoms with E-state index in [0.29, 0.717) is 12.8 Å². The number of H-pyrrole nitrogens is 1. The lowest BCUT2D eigenvalue weighted by Gasteiger charge is -2.26. The first-order chi connectivity index (χ1) is 11.8. The Morgan fingerprint density at radius 1 is 1.38 bits per heavy atom. The molecule has 0 bridgehead atoms. The van der Waals surface area contributed by atoms with Crippen LogP contribution in [-0.2, 0) is 5.54 Å². The van der Waals surface area contributed by atoms with Gasteiger partial charge in [-0.1, -0.05) is 0 Å². The Bertz CT molecular complexity index is 971. The van der Waals surface area contributed by atoms with Crippen molar-refractivity contribution in [2.24, 2.45) is 5.92 Å². The minimum Gasteiger partial charge on any atom is -0.345 e. The molecular formula is C17H15N7. The molecule has 0 aromatic carbocycles. The van der Waals surface area contributed by atoms with Gasteiger partial charge in [-0.25, -0.2) is 0 Å². The highest BCUT2D eigenvalue weighted by Gasteiger charge is 2.41. The molecule has 1 saturated carbocycles. The maximum absolute atomic E-state index is 9.25. The largest absolute Gasteiger partial charge is 0.345 e. The van der Waals surface area contributed by atoms with Crippen molar-refractivity contribution in [1.29, 1.82) is 10.5 Å². The molecule has 118 valence electrons. The van der Waals surface area contributed by atoms with Crippen LogP contribution in [0.2, 0.25) is 0 Å². The number of aromatic nitrogens is 5. The molecule has 1 aliphatic carbocycles. The second kappa shape index (κ2) is 5.47. The summed E-state index contributed by atoms with van der Waals surface area (Å²) < 4.78 is 1.88. The Labute approximate surface area is 138 Å². The maximum Gasteiger partial charge on any atom is 0.160 e. The van der Waals surface area contributed by atoms with E-state index in [2.05, 4.69) is 32.4 Å². The average molecular weight is 317 g/mol. The van der Waals surface area contributed by atoms with Crippen LogP contribution >= 0.6 is 0 Å². The zero-order chi connectivity index (χ0) is 16.6. The highest BCUT2D eigenvalue weighted by atomic mass is 15.3. The molecule has 0 radical (unpaired) electrons. The highest BCUT2D eigenvalue weighted by Crippen LogP contribution is 2.43. The minimum absolute atomic E-state index is 0.00928. The Morgan fingerprint density at radius 3 is 3.08 bits per heavy atom. The van der Waals surface area contributed by atoms with Gasteiger partial charge in [-0.15, -0.1) is 5.10 Å². The van der Waals surface area contributed by atoms with Gasteiger partial charge in [0.2, 0.25) is 0 Å². The van der Waals surface area contributed by atoms with Crippen LogP contribution in [0.4, 0.5) is 0 Å². The second-order valence-corrected chi connectivity index (χ2v) is 6.30. The highest BCUT2D eigenvalue weighted by molar-refractivity contribution is 5.91. The molecular weight excluding hydrogens is 302 g/mol. The quantitative estimate of drug-likeness (QED) is 0.799. The Hall–Kier alpha value is -3.19. The van der Waals surface area contributed by atoms with Crippen LogP contribution in [0.15, 0.2) is 30.9 Å². The van der Waals surface area contributed by atoms with E-state index in [1.807, 2.05) is 23.1 Å². The predicted molar refractivity (Wildman–Crippen MR) is 86.3 cm³/mol. The van der Waals surface area contributed by atoms with Crippen molar-refractivity contribution in [2.45, 2.75) is 31.2 Å². The summed E-state index contributed by atoms with van der Waals surface area (Å²) in [7, 11) is 0. The lowest BCUT2D eigenvalue weighted by Crippen LogP contribution is -2.31. The van der Waals surface area contributed by atoms with Crippen molar-refractivity contribution >= 4 is 11.0 Å². The summed E-state index contributed by atoms with van der Waals surface area (Å²) in [5, 5.41) is 32.1. The number of nitriles is 2. The van der Waals surface area contributed by atoms with Gasteiger partial charge in [0, 0.05) is 34.8 Å². The SMILES string of the molecule is N#CCC1(n2cc(-c3cnnc4[nH]ccc34)cn2)CCC(C#N)C1. The summed E-state index contributed by atoms with van der Waals surface area (Å²) in [6, 6.07) is 6.56. The molecule has 24 heavy (non-hydrogen) atoms. The molecule has 0 amide bonds. The number of nitrogens with one attached hydrogen (secondary N) is 1. The number of nitrogens with zero attached hydrogens (tertiary/aromatic N) is 6. The van der Waals surface area contributed by atoms with Gasteiger partial charge in [-0.05, 0) is 25.3 Å². The lowest BCUT2D eigenvalue weighted by atomic mass is 9.93. The zero-order valence-corrected chi connectivity index (χ0v) is 13.0. The van der Waals surface area contributed by atoms with E-state index in [-0.39, 0.29) is 11.5 Å². The smallest absolute Gasteiger partial charge is 0.160 e. The first kappa shape index (κ1) is 14.4. The summed E-state index contributed by atoms with van der Waals surface area (Å²) in [6.45, 7) is 0. The Morgan fingerprint density at radius 2 is 2.29 bits per heavy atom. The topological polar surface area (TPSA) is 107 Å². The van der Waals surface area contributed by atoms with E-state index in [1.165, 1.54) is 0 Å². The Balaban J connectivity index is 1.76. The van der Waals surface area contributed by atoms with E-state index >= 15 is 0 Å². The Kier molecular flexibility index (Phi) is 3.28. The molecule has 3 aromatic rings. The van der Waals surface area contributed by atoms with Crippen LogP contribution in [-0.4, -0.2) is 25.0 Å². The second-order valence-electron chi connectivity index (χ2n) is 6.30. The normalized spacial score (nSPS) is 23.2. The molecule has 1 fully saturated rings. The van der Waals surface area contributed by atoms with Crippen LogP contribution in [0.25, 0.3) is 22.2 Å². The molecule has 7 heteroatoms. The summed E-state index contributed by atoms with van der Waals surface area (Å²) in [4.78, 5) is 3.05. The van der Waals surface area contributed by atoms with Crippen LogP contribution in [0, 0.1) is 28.6 Å². The number of hydrogen-bond acceptors (Lipinski definition) is 5. The van der Waals surface area contributed by atoms with E-state index in [9.17, 15) is 10.5 Å². The summed E-state index contributed by atoms with van der Waals surface area (Å²) in [5.41, 5.74) is 2.24. The third kappa shape index (κ3) is 2.14. The predicted octanol–water partition coefficient (Wildman–Crippen LogP) is 2.75. The molecule has 3 aromatic heterocycles. The third-order valence-electron chi connectivity index (χ3n) is 4.91. The van der Waals surface area contributed by atoms with Crippen molar-refractivity contribution in [1.82, 2.24) is 25.0 Å². The summed E-state index contributed by atoms with van der Waals surface area (Å²) >= 11 is 0. The first-order valence-electron chi connectivity index (χ1n) is 7.87. The molecule has 3 heterocycles. The van der Waals surface area contributed by atoms with Crippen LogP contribution in [0.3, 0.4) is 0 Å². The van der Waals surface area contributed by atoms with Gasteiger partial charge < -0.3 is 4.98 Å². The fourth-order valence-corrected chi connectivity index (χ4v) is 3.64. The fraction of sp³-hybridized carbons (Fsp3) is 0.353. The number of rotatable bonds is 3. The number of aromatic amines is 1. The van der Waals surface area contributed by atoms with Gasteiger partial charge in [-0.3, -0.25) is 4.68 Å². The molecule has 2 unspecified atom stereocenters. The maximum atomic E-state index is 9.25. The standard InChI is InChI=1S/C17H15N7/c18-5-4-17(3-1-12(7-17)8-19)24-11-13(9-22-24)15-10-21-23-16-14(15)2-6-20-16/h2,6,9-12H,1,3-4,7H2,(H,20,23). The molecule has 4 rings (SSSR count). The minimum atomic E-state index is -0.384. The van der Waals surface area contributed by atoms with Gasteiger partial charge >= 0.3 is 0 Å². The van der Waals surface area contributed by atoms with Gasteiger partial charge in [0.25, 0.3) is 0 Å². The van der Waals surface area contributed by atoms with Crippen molar-refractivity contribution in [2.75, 3.05) is 0 Å².